The smallest absolute Gasteiger partial charge is 0.253 e. The molecule has 0 spiro atoms. The van der Waals surface area contributed by atoms with E-state index in [4.69, 9.17) is 0 Å². The zero-order valence-electron chi connectivity index (χ0n) is 19.0. The lowest BCUT2D eigenvalue weighted by Gasteiger charge is -2.21. The van der Waals surface area contributed by atoms with Crippen LogP contribution in [0.1, 0.15) is 15.9 Å². The Morgan fingerprint density at radius 3 is 2.34 bits per heavy atom. The van der Waals surface area contributed by atoms with Crippen molar-refractivity contribution in [3.8, 4) is 11.3 Å². The highest BCUT2D eigenvalue weighted by molar-refractivity contribution is 5.97. The SMILES string of the molecule is O=C(/C=C/c1ccc(-c2ccccn2)cc1)N1CC2CN(C(=O)c3ccc4n[nH]nc4c3)CC2C1. The third-order valence-electron chi connectivity index (χ3n) is 6.94. The number of pyridine rings is 1. The number of aromatic amines is 1. The predicted molar refractivity (Wildman–Crippen MR) is 132 cm³/mol. The molecule has 2 atom stereocenters. The van der Waals surface area contributed by atoms with Crippen molar-refractivity contribution in [3.05, 3.63) is 84.1 Å². The molecule has 0 saturated carbocycles. The number of hydrogen-bond donors (Lipinski definition) is 1. The average molecular weight is 465 g/mol. The quantitative estimate of drug-likeness (QED) is 0.468. The van der Waals surface area contributed by atoms with E-state index in [0.717, 1.165) is 22.3 Å². The molecule has 6 rings (SSSR count). The van der Waals surface area contributed by atoms with Crippen molar-refractivity contribution in [3.63, 3.8) is 0 Å². The molecule has 8 heteroatoms. The number of nitrogens with one attached hydrogen (secondary N) is 1. The molecule has 8 nitrogen and oxygen atoms in total. The molecular weight excluding hydrogens is 440 g/mol. The molecule has 0 radical (unpaired) electrons. The van der Waals surface area contributed by atoms with Gasteiger partial charge in [0.1, 0.15) is 11.0 Å². The zero-order valence-corrected chi connectivity index (χ0v) is 19.0. The van der Waals surface area contributed by atoms with Crippen LogP contribution in [0.15, 0.2) is 72.9 Å². The Bertz CT molecular complexity index is 1400. The van der Waals surface area contributed by atoms with Gasteiger partial charge in [-0.2, -0.15) is 15.4 Å². The molecule has 2 saturated heterocycles. The van der Waals surface area contributed by atoms with Gasteiger partial charge in [0.2, 0.25) is 5.91 Å². The molecule has 4 heterocycles. The monoisotopic (exact) mass is 464 g/mol. The van der Waals surface area contributed by atoms with E-state index in [-0.39, 0.29) is 11.8 Å². The topological polar surface area (TPSA) is 95.1 Å². The fourth-order valence-electron chi connectivity index (χ4n) is 5.07. The minimum atomic E-state index is 0.0104. The van der Waals surface area contributed by atoms with Gasteiger partial charge in [0.15, 0.2) is 0 Å². The van der Waals surface area contributed by atoms with Crippen molar-refractivity contribution in [2.45, 2.75) is 0 Å². The van der Waals surface area contributed by atoms with Gasteiger partial charge in [-0.15, -0.1) is 0 Å². The van der Waals surface area contributed by atoms with Crippen LogP contribution in [0.4, 0.5) is 0 Å². The minimum Gasteiger partial charge on any atom is -0.338 e. The van der Waals surface area contributed by atoms with Crippen LogP contribution in [-0.4, -0.2) is 68.2 Å². The molecule has 2 aliphatic rings. The summed E-state index contributed by atoms with van der Waals surface area (Å²) >= 11 is 0. The third kappa shape index (κ3) is 4.19. The number of benzene rings is 2. The second-order valence-corrected chi connectivity index (χ2v) is 9.17. The van der Waals surface area contributed by atoms with Gasteiger partial charge in [-0.25, -0.2) is 0 Å². The summed E-state index contributed by atoms with van der Waals surface area (Å²) in [5, 5.41) is 10.7. The normalized spacial score (nSPS) is 19.5. The highest BCUT2D eigenvalue weighted by Gasteiger charge is 2.42. The molecule has 2 aliphatic heterocycles. The molecule has 2 aromatic heterocycles. The summed E-state index contributed by atoms with van der Waals surface area (Å²) in [4.78, 5) is 34.0. The number of nitrogens with zero attached hydrogens (tertiary/aromatic N) is 5. The van der Waals surface area contributed by atoms with Crippen molar-refractivity contribution < 1.29 is 9.59 Å². The van der Waals surface area contributed by atoms with E-state index >= 15 is 0 Å². The van der Waals surface area contributed by atoms with Gasteiger partial charge in [0, 0.05) is 61.4 Å². The first-order valence-corrected chi connectivity index (χ1v) is 11.7. The standard InChI is InChI=1S/C27H24N6O2/c34-26(11-6-18-4-7-19(8-5-18)23-3-1-2-12-28-23)32-14-21-16-33(17-22(21)15-32)27(35)20-9-10-24-25(13-20)30-31-29-24/h1-13,21-22H,14-17H2,(H,29,30,31)/b11-6+. The second kappa shape index (κ2) is 8.79. The largest absolute Gasteiger partial charge is 0.338 e. The molecule has 0 bridgehead atoms. The molecule has 4 aromatic rings. The Labute approximate surface area is 202 Å². The molecule has 2 fully saturated rings. The fourth-order valence-corrected chi connectivity index (χ4v) is 5.07. The summed E-state index contributed by atoms with van der Waals surface area (Å²) in [5.74, 6) is 0.647. The maximum Gasteiger partial charge on any atom is 0.253 e. The molecule has 2 amide bonds. The van der Waals surface area contributed by atoms with E-state index in [2.05, 4.69) is 20.4 Å². The lowest BCUT2D eigenvalue weighted by molar-refractivity contribution is -0.125. The fraction of sp³-hybridized carbons (Fsp3) is 0.222. The molecule has 0 aliphatic carbocycles. The number of hydrogen-bond acceptors (Lipinski definition) is 5. The molecular formula is C27H24N6O2. The van der Waals surface area contributed by atoms with Gasteiger partial charge in [-0.05, 0) is 42.0 Å². The van der Waals surface area contributed by atoms with Crippen LogP contribution in [0.5, 0.6) is 0 Å². The van der Waals surface area contributed by atoms with Crippen LogP contribution in [0.3, 0.4) is 0 Å². The Balaban J connectivity index is 1.05. The van der Waals surface area contributed by atoms with Crippen LogP contribution in [0, 0.1) is 11.8 Å². The first kappa shape index (κ1) is 21.2. The molecule has 2 aromatic carbocycles. The summed E-state index contributed by atoms with van der Waals surface area (Å²) in [6, 6.07) is 19.2. The van der Waals surface area contributed by atoms with Crippen LogP contribution in [0.25, 0.3) is 28.4 Å². The van der Waals surface area contributed by atoms with E-state index in [1.54, 1.807) is 24.4 Å². The van der Waals surface area contributed by atoms with E-state index in [1.165, 1.54) is 0 Å². The Hall–Kier alpha value is -4.33. The van der Waals surface area contributed by atoms with Gasteiger partial charge < -0.3 is 9.80 Å². The highest BCUT2D eigenvalue weighted by Crippen LogP contribution is 2.32. The van der Waals surface area contributed by atoms with Crippen LogP contribution in [0.2, 0.25) is 0 Å². The van der Waals surface area contributed by atoms with Crippen molar-refractivity contribution in [1.82, 2.24) is 30.2 Å². The Morgan fingerprint density at radius 2 is 1.60 bits per heavy atom. The lowest BCUT2D eigenvalue weighted by Crippen LogP contribution is -2.35. The maximum absolute atomic E-state index is 13.0. The molecule has 174 valence electrons. The number of likely N-dealkylation sites (tertiary alicyclic amines) is 2. The van der Waals surface area contributed by atoms with Crippen LogP contribution >= 0.6 is 0 Å². The zero-order chi connectivity index (χ0) is 23.8. The van der Waals surface area contributed by atoms with Gasteiger partial charge in [0.05, 0.1) is 5.69 Å². The first-order valence-electron chi connectivity index (χ1n) is 11.7. The van der Waals surface area contributed by atoms with E-state index in [0.29, 0.717) is 49.1 Å². The number of carbonyl (C=O) groups is 2. The summed E-state index contributed by atoms with van der Waals surface area (Å²) < 4.78 is 0. The summed E-state index contributed by atoms with van der Waals surface area (Å²) in [6.45, 7) is 2.70. The van der Waals surface area contributed by atoms with E-state index in [9.17, 15) is 9.59 Å². The molecule has 35 heavy (non-hydrogen) atoms. The molecule has 2 unspecified atom stereocenters. The van der Waals surface area contributed by atoms with E-state index in [1.807, 2.05) is 64.4 Å². The van der Waals surface area contributed by atoms with Gasteiger partial charge in [-0.1, -0.05) is 30.3 Å². The van der Waals surface area contributed by atoms with Gasteiger partial charge in [0.25, 0.3) is 5.91 Å². The van der Waals surface area contributed by atoms with Gasteiger partial charge >= 0.3 is 0 Å². The highest BCUT2D eigenvalue weighted by atomic mass is 16.2. The summed E-state index contributed by atoms with van der Waals surface area (Å²) in [5.41, 5.74) is 4.99. The Morgan fingerprint density at radius 1 is 0.857 bits per heavy atom. The number of carbonyl (C=O) groups excluding carboxylic acids is 2. The van der Waals surface area contributed by atoms with Crippen molar-refractivity contribution >= 4 is 28.9 Å². The first-order chi connectivity index (χ1) is 17.1. The maximum atomic E-state index is 13.0. The van der Waals surface area contributed by atoms with Crippen LogP contribution in [-0.2, 0) is 4.79 Å². The van der Waals surface area contributed by atoms with Crippen molar-refractivity contribution in [1.29, 1.82) is 0 Å². The average Bonchev–Trinajstić information content (AvgIpc) is 3.62. The predicted octanol–water partition coefficient (Wildman–Crippen LogP) is 3.26. The Kier molecular flexibility index (Phi) is 5.33. The van der Waals surface area contributed by atoms with Crippen molar-refractivity contribution in [2.75, 3.05) is 26.2 Å². The molecule has 1 N–H and O–H groups in total. The lowest BCUT2D eigenvalue weighted by atomic mass is 10.0. The number of amides is 2. The van der Waals surface area contributed by atoms with E-state index < -0.39 is 0 Å². The number of rotatable bonds is 4. The van der Waals surface area contributed by atoms with Crippen LogP contribution < -0.4 is 0 Å². The third-order valence-corrected chi connectivity index (χ3v) is 6.94. The number of aromatic nitrogens is 4. The minimum absolute atomic E-state index is 0.0104. The summed E-state index contributed by atoms with van der Waals surface area (Å²) in [6.07, 6.45) is 5.28. The summed E-state index contributed by atoms with van der Waals surface area (Å²) in [7, 11) is 0. The van der Waals surface area contributed by atoms with Crippen molar-refractivity contribution in [2.24, 2.45) is 11.8 Å². The number of H-pyrrole nitrogens is 1. The second-order valence-electron chi connectivity index (χ2n) is 9.17. The number of fused-ring (bicyclic) bond motifs is 2. The van der Waals surface area contributed by atoms with Gasteiger partial charge in [-0.3, -0.25) is 14.6 Å².